The zero-order chi connectivity index (χ0) is 13.8. The summed E-state index contributed by atoms with van der Waals surface area (Å²) in [6.45, 7) is 0.774. The molecular formula is C14H18NO4+. The fraction of sp³-hybridized carbons (Fsp3) is 0.357. The molecule has 102 valence electrons. The van der Waals surface area contributed by atoms with E-state index in [0.717, 1.165) is 24.3 Å². The van der Waals surface area contributed by atoms with Crippen LogP contribution in [0.25, 0.3) is 0 Å². The molecule has 0 saturated carbocycles. The van der Waals surface area contributed by atoms with Crippen molar-refractivity contribution in [2.45, 2.75) is 6.42 Å². The van der Waals surface area contributed by atoms with E-state index in [9.17, 15) is 5.11 Å². The van der Waals surface area contributed by atoms with Crippen molar-refractivity contribution in [2.24, 2.45) is 0 Å². The number of hydrogen-bond acceptors (Lipinski definition) is 4. The molecule has 0 radical (unpaired) electrons. The van der Waals surface area contributed by atoms with Gasteiger partial charge in [0, 0.05) is 12.0 Å². The van der Waals surface area contributed by atoms with E-state index in [0.29, 0.717) is 5.75 Å². The second-order valence-electron chi connectivity index (χ2n) is 4.19. The minimum Gasteiger partial charge on any atom is -0.493 e. The summed E-state index contributed by atoms with van der Waals surface area (Å²) in [7, 11) is 4.67. The number of aliphatic hydroxyl groups excluding tert-OH is 1. The SMILES string of the molecule is CO/C(O)=C/[N+]1=Cc2cc(OC)c(OC)cc2CC1. The van der Waals surface area contributed by atoms with Gasteiger partial charge in [0.05, 0.1) is 21.3 Å². The molecule has 1 aliphatic rings. The molecule has 1 heterocycles. The molecule has 5 heteroatoms. The highest BCUT2D eigenvalue weighted by Crippen LogP contribution is 2.31. The molecule has 2 rings (SSSR count). The van der Waals surface area contributed by atoms with Crippen molar-refractivity contribution in [3.63, 3.8) is 0 Å². The molecule has 1 aliphatic heterocycles. The lowest BCUT2D eigenvalue weighted by Gasteiger charge is -2.14. The van der Waals surface area contributed by atoms with Gasteiger partial charge in [0.1, 0.15) is 0 Å². The van der Waals surface area contributed by atoms with E-state index in [1.807, 2.05) is 22.9 Å². The number of benzene rings is 1. The summed E-state index contributed by atoms with van der Waals surface area (Å²) >= 11 is 0. The molecule has 0 aliphatic carbocycles. The highest BCUT2D eigenvalue weighted by molar-refractivity contribution is 5.80. The average molecular weight is 264 g/mol. The topological polar surface area (TPSA) is 50.9 Å². The van der Waals surface area contributed by atoms with Gasteiger partial charge >= 0.3 is 5.95 Å². The Morgan fingerprint density at radius 1 is 1.21 bits per heavy atom. The van der Waals surface area contributed by atoms with Crippen molar-refractivity contribution in [3.05, 3.63) is 35.4 Å². The summed E-state index contributed by atoms with van der Waals surface area (Å²) in [6.07, 6.45) is 4.36. The monoisotopic (exact) mass is 264 g/mol. The van der Waals surface area contributed by atoms with Gasteiger partial charge in [0.2, 0.25) is 6.20 Å². The number of fused-ring (bicyclic) bond motifs is 1. The highest BCUT2D eigenvalue weighted by atomic mass is 16.6. The van der Waals surface area contributed by atoms with Crippen LogP contribution in [0.15, 0.2) is 24.3 Å². The molecule has 1 aromatic rings. The first-order valence-corrected chi connectivity index (χ1v) is 5.98. The van der Waals surface area contributed by atoms with Gasteiger partial charge in [0.25, 0.3) is 0 Å². The van der Waals surface area contributed by atoms with Gasteiger partial charge in [0.15, 0.2) is 24.3 Å². The zero-order valence-corrected chi connectivity index (χ0v) is 11.3. The lowest BCUT2D eigenvalue weighted by atomic mass is 10.0. The minimum atomic E-state index is -0.111. The standard InChI is InChI=1S/C14H17NO4/c1-17-12-6-10-4-5-15(9-14(16)19-3)8-11(10)7-13(12)18-2/h6-9H,4-5H2,1-3H3/p+1/b14-9+. The molecule has 0 unspecified atom stereocenters. The number of aliphatic hydroxyl groups is 1. The third-order valence-electron chi connectivity index (χ3n) is 3.08. The largest absolute Gasteiger partial charge is 0.493 e. The Hall–Kier alpha value is -2.17. The van der Waals surface area contributed by atoms with Crippen LogP contribution in [0.2, 0.25) is 0 Å². The normalized spacial score (nSPS) is 14.5. The van der Waals surface area contributed by atoms with Crippen molar-refractivity contribution in [2.75, 3.05) is 27.9 Å². The Balaban J connectivity index is 2.39. The Kier molecular flexibility index (Phi) is 3.94. The molecule has 0 atom stereocenters. The number of nitrogens with zero attached hydrogens (tertiary/aromatic N) is 1. The van der Waals surface area contributed by atoms with Crippen LogP contribution >= 0.6 is 0 Å². The Morgan fingerprint density at radius 2 is 1.89 bits per heavy atom. The van der Waals surface area contributed by atoms with Gasteiger partial charge in [-0.2, -0.15) is 4.58 Å². The van der Waals surface area contributed by atoms with Gasteiger partial charge < -0.3 is 19.3 Å². The molecule has 0 fully saturated rings. The van der Waals surface area contributed by atoms with Crippen LogP contribution in [0.1, 0.15) is 11.1 Å². The molecule has 0 amide bonds. The highest BCUT2D eigenvalue weighted by Gasteiger charge is 2.19. The maximum Gasteiger partial charge on any atom is 0.343 e. The Bertz CT molecular complexity index is 534. The molecule has 0 saturated heterocycles. The molecule has 0 bridgehead atoms. The molecule has 5 nitrogen and oxygen atoms in total. The lowest BCUT2D eigenvalue weighted by Crippen LogP contribution is -2.19. The maximum absolute atomic E-state index is 9.37. The summed E-state index contributed by atoms with van der Waals surface area (Å²) in [6, 6.07) is 3.92. The first kappa shape index (κ1) is 13.3. The van der Waals surface area contributed by atoms with Crippen LogP contribution in [0.4, 0.5) is 0 Å². The van der Waals surface area contributed by atoms with Crippen molar-refractivity contribution >= 4 is 6.21 Å². The molecule has 19 heavy (non-hydrogen) atoms. The van der Waals surface area contributed by atoms with Gasteiger partial charge in [-0.05, 0) is 17.7 Å². The molecule has 1 aromatic carbocycles. The quantitative estimate of drug-likeness (QED) is 0.664. The van der Waals surface area contributed by atoms with Gasteiger partial charge in [-0.15, -0.1) is 0 Å². The van der Waals surface area contributed by atoms with E-state index in [4.69, 9.17) is 14.2 Å². The van der Waals surface area contributed by atoms with Crippen LogP contribution in [0.5, 0.6) is 11.5 Å². The molecule has 1 N–H and O–H groups in total. The zero-order valence-electron chi connectivity index (χ0n) is 11.3. The molecular weight excluding hydrogens is 246 g/mol. The molecule has 0 aromatic heterocycles. The Morgan fingerprint density at radius 3 is 2.53 bits per heavy atom. The summed E-state index contributed by atoms with van der Waals surface area (Å²) < 4.78 is 17.2. The van der Waals surface area contributed by atoms with E-state index >= 15 is 0 Å². The van der Waals surface area contributed by atoms with Crippen LogP contribution < -0.4 is 9.47 Å². The predicted octanol–water partition coefficient (Wildman–Crippen LogP) is 1.69. The number of rotatable bonds is 4. The fourth-order valence-corrected chi connectivity index (χ4v) is 2.06. The van der Waals surface area contributed by atoms with Crippen molar-refractivity contribution < 1.29 is 23.9 Å². The third kappa shape index (κ3) is 2.81. The molecule has 0 spiro atoms. The van der Waals surface area contributed by atoms with E-state index < -0.39 is 0 Å². The van der Waals surface area contributed by atoms with E-state index in [2.05, 4.69) is 0 Å². The van der Waals surface area contributed by atoms with Gasteiger partial charge in [-0.1, -0.05) is 0 Å². The average Bonchev–Trinajstić information content (AvgIpc) is 2.45. The summed E-state index contributed by atoms with van der Waals surface area (Å²) in [5, 5.41) is 9.37. The van der Waals surface area contributed by atoms with Gasteiger partial charge in [-0.3, -0.25) is 0 Å². The second-order valence-corrected chi connectivity index (χ2v) is 4.19. The van der Waals surface area contributed by atoms with E-state index in [1.54, 1.807) is 20.4 Å². The van der Waals surface area contributed by atoms with Crippen molar-refractivity contribution in [1.29, 1.82) is 0 Å². The number of hydrogen-bond donors (Lipinski definition) is 1. The van der Waals surface area contributed by atoms with Crippen molar-refractivity contribution in [3.8, 4) is 11.5 Å². The summed E-state index contributed by atoms with van der Waals surface area (Å²) in [4.78, 5) is 0. The van der Waals surface area contributed by atoms with Crippen LogP contribution in [-0.2, 0) is 11.2 Å². The summed E-state index contributed by atoms with van der Waals surface area (Å²) in [5.74, 6) is 1.32. The lowest BCUT2D eigenvalue weighted by molar-refractivity contribution is -0.456. The number of ether oxygens (including phenoxy) is 3. The fourth-order valence-electron chi connectivity index (χ4n) is 2.06. The number of methoxy groups -OCH3 is 3. The first-order chi connectivity index (χ1) is 9.17. The first-order valence-electron chi connectivity index (χ1n) is 5.98. The van der Waals surface area contributed by atoms with Gasteiger partial charge in [-0.25, -0.2) is 0 Å². The smallest absolute Gasteiger partial charge is 0.343 e. The summed E-state index contributed by atoms with van der Waals surface area (Å²) in [5.41, 5.74) is 2.24. The van der Waals surface area contributed by atoms with E-state index in [-0.39, 0.29) is 5.95 Å². The van der Waals surface area contributed by atoms with E-state index in [1.165, 1.54) is 12.7 Å². The second kappa shape index (κ2) is 5.65. The van der Waals surface area contributed by atoms with Crippen LogP contribution in [0, 0.1) is 0 Å². The predicted molar refractivity (Wildman–Crippen MR) is 71.3 cm³/mol. The Labute approximate surface area is 112 Å². The maximum atomic E-state index is 9.37. The third-order valence-corrected chi connectivity index (χ3v) is 3.08. The minimum absolute atomic E-state index is 0.111. The van der Waals surface area contributed by atoms with Crippen molar-refractivity contribution in [1.82, 2.24) is 0 Å². The van der Waals surface area contributed by atoms with Crippen LogP contribution in [-0.4, -0.2) is 43.8 Å². The van der Waals surface area contributed by atoms with Crippen LogP contribution in [0.3, 0.4) is 0 Å².